The first-order chi connectivity index (χ1) is 13.2. The zero-order chi connectivity index (χ0) is 19.1. The first-order valence-corrected chi connectivity index (χ1v) is 9.40. The molecule has 0 saturated carbocycles. The average molecular weight is 385 g/mol. The van der Waals surface area contributed by atoms with Gasteiger partial charge in [-0.3, -0.25) is 4.57 Å². The number of aromatic nitrogens is 3. The van der Waals surface area contributed by atoms with Crippen LogP contribution in [0.15, 0.2) is 66.3 Å². The highest BCUT2D eigenvalue weighted by Gasteiger charge is 2.16. The molecule has 7 heteroatoms. The lowest BCUT2D eigenvalue weighted by atomic mass is 10.2. The number of ether oxygens (including phenoxy) is 2. The zero-order valence-electron chi connectivity index (χ0n) is 15.0. The van der Waals surface area contributed by atoms with E-state index in [0.29, 0.717) is 35.4 Å². The van der Waals surface area contributed by atoms with E-state index in [0.717, 1.165) is 11.5 Å². The Morgan fingerprint density at radius 3 is 2.56 bits per heavy atom. The normalized spacial score (nSPS) is 10.6. The monoisotopic (exact) mass is 385 g/mol. The highest BCUT2D eigenvalue weighted by molar-refractivity contribution is 7.99. The number of rotatable bonds is 9. The number of hydrogen-bond donors (Lipinski definition) is 0. The predicted octanol–water partition coefficient (Wildman–Crippen LogP) is 4.45. The maximum Gasteiger partial charge on any atom is 0.191 e. The summed E-state index contributed by atoms with van der Waals surface area (Å²) < 4.78 is 26.8. The van der Waals surface area contributed by atoms with Crippen LogP contribution in [-0.4, -0.2) is 34.2 Å². The van der Waals surface area contributed by atoms with Gasteiger partial charge in [0.25, 0.3) is 0 Å². The summed E-state index contributed by atoms with van der Waals surface area (Å²) in [6.07, 6.45) is 1.74. The second-order valence-corrected chi connectivity index (χ2v) is 6.62. The maximum absolute atomic E-state index is 14.1. The molecule has 0 aliphatic heterocycles. The molecule has 0 saturated heterocycles. The van der Waals surface area contributed by atoms with Crippen LogP contribution in [0, 0.1) is 5.82 Å². The van der Waals surface area contributed by atoms with E-state index in [9.17, 15) is 4.39 Å². The molecule has 2 aromatic carbocycles. The average Bonchev–Trinajstić information content (AvgIpc) is 3.09. The molecule has 0 radical (unpaired) electrons. The number of allylic oxidation sites excluding steroid dienone is 1. The molecular weight excluding hydrogens is 365 g/mol. The van der Waals surface area contributed by atoms with E-state index in [4.69, 9.17) is 9.47 Å². The van der Waals surface area contributed by atoms with Crippen molar-refractivity contribution < 1.29 is 13.9 Å². The van der Waals surface area contributed by atoms with E-state index in [2.05, 4.69) is 16.8 Å². The molecule has 1 heterocycles. The molecule has 0 aliphatic carbocycles. The Morgan fingerprint density at radius 1 is 1.11 bits per heavy atom. The summed E-state index contributed by atoms with van der Waals surface area (Å²) in [5, 5.41) is 9.08. The van der Waals surface area contributed by atoms with Crippen molar-refractivity contribution >= 4 is 11.8 Å². The quantitative estimate of drug-likeness (QED) is 0.309. The molecule has 3 aromatic rings. The second kappa shape index (κ2) is 9.23. The molecule has 3 rings (SSSR count). The van der Waals surface area contributed by atoms with Crippen molar-refractivity contribution in [3.8, 4) is 22.9 Å². The zero-order valence-corrected chi connectivity index (χ0v) is 15.8. The molecule has 1 aromatic heterocycles. The van der Waals surface area contributed by atoms with E-state index < -0.39 is 0 Å². The van der Waals surface area contributed by atoms with Crippen LogP contribution in [0.4, 0.5) is 4.39 Å². The van der Waals surface area contributed by atoms with Crippen LogP contribution in [0.3, 0.4) is 0 Å². The molecule has 27 heavy (non-hydrogen) atoms. The molecule has 0 fully saturated rings. The number of nitrogens with zero attached hydrogens (tertiary/aromatic N) is 3. The Kier molecular flexibility index (Phi) is 6.49. The fourth-order valence-corrected chi connectivity index (χ4v) is 3.26. The molecule has 5 nitrogen and oxygen atoms in total. The molecular formula is C20H20FN3O2S. The van der Waals surface area contributed by atoms with Crippen LogP contribution < -0.4 is 9.47 Å². The van der Waals surface area contributed by atoms with E-state index in [1.165, 1.54) is 17.8 Å². The van der Waals surface area contributed by atoms with E-state index in [1.54, 1.807) is 31.4 Å². The summed E-state index contributed by atoms with van der Waals surface area (Å²) in [5.74, 6) is 2.41. The third-order valence-electron chi connectivity index (χ3n) is 3.79. The summed E-state index contributed by atoms with van der Waals surface area (Å²) in [7, 11) is 1.63. The number of methoxy groups -OCH3 is 1. The Balaban J connectivity index is 1.64. The maximum atomic E-state index is 14.1. The Morgan fingerprint density at radius 2 is 1.85 bits per heavy atom. The van der Waals surface area contributed by atoms with E-state index in [1.807, 2.05) is 28.8 Å². The van der Waals surface area contributed by atoms with Crippen LogP contribution in [0.1, 0.15) is 0 Å². The number of thioether (sulfide) groups is 1. The third kappa shape index (κ3) is 4.68. The van der Waals surface area contributed by atoms with Gasteiger partial charge in [0, 0.05) is 12.3 Å². The SMILES string of the molecule is C=CCn1c(SCCOc2ccc(OC)cc2)nnc1-c1ccccc1F. The molecule has 0 spiro atoms. The highest BCUT2D eigenvalue weighted by atomic mass is 32.2. The Hall–Kier alpha value is -2.80. The highest BCUT2D eigenvalue weighted by Crippen LogP contribution is 2.26. The first kappa shape index (κ1) is 19.0. The minimum atomic E-state index is -0.324. The Labute approximate surface area is 161 Å². The Bertz CT molecular complexity index is 896. The van der Waals surface area contributed by atoms with Crippen molar-refractivity contribution in [3.05, 3.63) is 67.0 Å². The summed E-state index contributed by atoms with van der Waals surface area (Å²) >= 11 is 1.50. The molecule has 0 amide bonds. The number of benzene rings is 2. The second-order valence-electron chi connectivity index (χ2n) is 5.56. The van der Waals surface area contributed by atoms with Gasteiger partial charge in [-0.1, -0.05) is 30.0 Å². The molecule has 0 N–H and O–H groups in total. The fourth-order valence-electron chi connectivity index (χ4n) is 2.50. The lowest BCUT2D eigenvalue weighted by Gasteiger charge is -2.09. The van der Waals surface area contributed by atoms with Crippen LogP contribution in [-0.2, 0) is 6.54 Å². The molecule has 0 atom stereocenters. The van der Waals surface area contributed by atoms with Gasteiger partial charge in [0.15, 0.2) is 11.0 Å². The number of hydrogen-bond acceptors (Lipinski definition) is 5. The lowest BCUT2D eigenvalue weighted by Crippen LogP contribution is -2.04. The van der Waals surface area contributed by atoms with Crippen molar-refractivity contribution in [2.45, 2.75) is 11.7 Å². The van der Waals surface area contributed by atoms with Gasteiger partial charge in [-0.15, -0.1) is 16.8 Å². The molecule has 0 aliphatic rings. The first-order valence-electron chi connectivity index (χ1n) is 8.41. The van der Waals surface area contributed by atoms with Gasteiger partial charge in [0.2, 0.25) is 0 Å². The van der Waals surface area contributed by atoms with Gasteiger partial charge in [-0.25, -0.2) is 4.39 Å². The summed E-state index contributed by atoms with van der Waals surface area (Å²) in [6, 6.07) is 14.0. The van der Waals surface area contributed by atoms with Crippen LogP contribution in [0.5, 0.6) is 11.5 Å². The van der Waals surface area contributed by atoms with Gasteiger partial charge in [-0.05, 0) is 36.4 Å². The third-order valence-corrected chi connectivity index (χ3v) is 4.72. The largest absolute Gasteiger partial charge is 0.497 e. The summed E-state index contributed by atoms with van der Waals surface area (Å²) in [4.78, 5) is 0. The smallest absolute Gasteiger partial charge is 0.191 e. The topological polar surface area (TPSA) is 49.2 Å². The van der Waals surface area contributed by atoms with Crippen LogP contribution in [0.2, 0.25) is 0 Å². The van der Waals surface area contributed by atoms with Crippen LogP contribution in [0.25, 0.3) is 11.4 Å². The summed E-state index contributed by atoms with van der Waals surface area (Å²) in [5.41, 5.74) is 0.424. The van der Waals surface area contributed by atoms with Gasteiger partial charge >= 0.3 is 0 Å². The van der Waals surface area contributed by atoms with E-state index in [-0.39, 0.29) is 5.82 Å². The van der Waals surface area contributed by atoms with Crippen molar-refractivity contribution in [2.75, 3.05) is 19.5 Å². The lowest BCUT2D eigenvalue weighted by molar-refractivity contribution is 0.342. The van der Waals surface area contributed by atoms with Gasteiger partial charge in [0.05, 0.1) is 19.3 Å². The number of halogens is 1. The van der Waals surface area contributed by atoms with Crippen molar-refractivity contribution in [2.24, 2.45) is 0 Å². The standard InChI is InChI=1S/C20H20FN3O2S/c1-3-12-24-19(17-6-4-5-7-18(17)21)22-23-20(24)27-14-13-26-16-10-8-15(25-2)9-11-16/h3-11H,1,12-14H2,2H3. The fraction of sp³-hybridized carbons (Fsp3) is 0.200. The minimum absolute atomic E-state index is 0.324. The van der Waals surface area contributed by atoms with Gasteiger partial charge < -0.3 is 9.47 Å². The minimum Gasteiger partial charge on any atom is -0.497 e. The van der Waals surface area contributed by atoms with Crippen molar-refractivity contribution in [1.82, 2.24) is 14.8 Å². The summed E-state index contributed by atoms with van der Waals surface area (Å²) in [6.45, 7) is 4.78. The van der Waals surface area contributed by atoms with E-state index >= 15 is 0 Å². The van der Waals surface area contributed by atoms with Crippen molar-refractivity contribution in [1.29, 1.82) is 0 Å². The van der Waals surface area contributed by atoms with Gasteiger partial charge in [0.1, 0.15) is 17.3 Å². The molecule has 0 unspecified atom stereocenters. The predicted molar refractivity (Wildman–Crippen MR) is 105 cm³/mol. The van der Waals surface area contributed by atoms with Gasteiger partial charge in [-0.2, -0.15) is 0 Å². The van der Waals surface area contributed by atoms with Crippen molar-refractivity contribution in [3.63, 3.8) is 0 Å². The molecule has 140 valence electrons. The molecule has 0 bridgehead atoms. The van der Waals surface area contributed by atoms with Crippen LogP contribution >= 0.6 is 11.8 Å².